The van der Waals surface area contributed by atoms with Crippen molar-refractivity contribution in [3.63, 3.8) is 0 Å². The second kappa shape index (κ2) is 7.24. The van der Waals surface area contributed by atoms with Gasteiger partial charge in [0.15, 0.2) is 0 Å². The average Bonchev–Trinajstić information content (AvgIpc) is 2.34. The van der Waals surface area contributed by atoms with Gasteiger partial charge in [-0.15, -0.1) is 0 Å². The molecule has 0 bridgehead atoms. The predicted octanol–water partition coefficient (Wildman–Crippen LogP) is 3.07. The molecule has 6 heteroatoms. The smallest absolute Gasteiger partial charge is 0.306 e. The number of hydrogen-bond acceptors (Lipinski definition) is 5. The molecule has 0 spiro atoms. The Morgan fingerprint density at radius 2 is 1.73 bits per heavy atom. The summed E-state index contributed by atoms with van der Waals surface area (Å²) in [6.07, 6.45) is 0.112. The van der Waals surface area contributed by atoms with Gasteiger partial charge in [-0.3, -0.25) is 8.98 Å². The number of hydrogen-bond donors (Lipinski definition) is 0. The molecule has 124 valence electrons. The van der Waals surface area contributed by atoms with Gasteiger partial charge in [-0.25, -0.2) is 0 Å². The minimum absolute atomic E-state index is 0.0601. The van der Waals surface area contributed by atoms with Crippen molar-refractivity contribution in [2.75, 3.05) is 6.61 Å². The zero-order valence-electron chi connectivity index (χ0n) is 13.8. The lowest BCUT2D eigenvalue weighted by Crippen LogP contribution is -2.26. The van der Waals surface area contributed by atoms with Gasteiger partial charge in [0, 0.05) is 0 Å². The first-order valence-corrected chi connectivity index (χ1v) is 8.58. The van der Waals surface area contributed by atoms with Crippen molar-refractivity contribution in [1.82, 2.24) is 0 Å². The maximum Gasteiger partial charge on any atom is 0.306 e. The molecule has 5 nitrogen and oxygen atoms in total. The second-order valence-corrected chi connectivity index (χ2v) is 8.06. The van der Waals surface area contributed by atoms with E-state index in [1.807, 2.05) is 6.92 Å². The van der Waals surface area contributed by atoms with Crippen LogP contribution in [0.15, 0.2) is 29.2 Å². The van der Waals surface area contributed by atoms with E-state index >= 15 is 0 Å². The van der Waals surface area contributed by atoms with E-state index in [-0.39, 0.29) is 29.8 Å². The molecule has 0 aromatic heterocycles. The zero-order chi connectivity index (χ0) is 17.0. The van der Waals surface area contributed by atoms with Gasteiger partial charge >= 0.3 is 5.97 Å². The fraction of sp³-hybridized carbons (Fsp3) is 0.562. The first-order valence-electron chi connectivity index (χ1n) is 7.17. The Morgan fingerprint density at radius 1 is 1.18 bits per heavy atom. The summed E-state index contributed by atoms with van der Waals surface area (Å²) in [5, 5.41) is 0. The summed E-state index contributed by atoms with van der Waals surface area (Å²) in [6.45, 7) is 8.92. The summed E-state index contributed by atoms with van der Waals surface area (Å²) < 4.78 is 34.3. The third-order valence-corrected chi connectivity index (χ3v) is 4.05. The van der Waals surface area contributed by atoms with Crippen LogP contribution in [0.25, 0.3) is 0 Å². The quantitative estimate of drug-likeness (QED) is 0.593. The molecule has 0 radical (unpaired) electrons. The molecular weight excluding hydrogens is 304 g/mol. The van der Waals surface area contributed by atoms with Crippen molar-refractivity contribution in [3.8, 4) is 0 Å². The molecule has 1 rings (SSSR count). The van der Waals surface area contributed by atoms with Crippen LogP contribution in [0.4, 0.5) is 0 Å². The van der Waals surface area contributed by atoms with Crippen LogP contribution >= 0.6 is 0 Å². The van der Waals surface area contributed by atoms with Crippen LogP contribution in [0.5, 0.6) is 0 Å². The molecular formula is C16H24O5S. The lowest BCUT2D eigenvalue weighted by atomic mass is 10.1. The Labute approximate surface area is 132 Å². The highest BCUT2D eigenvalue weighted by atomic mass is 32.2. The molecule has 0 saturated heterocycles. The number of aryl methyl sites for hydroxylation is 1. The van der Waals surface area contributed by atoms with Gasteiger partial charge in [0.05, 0.1) is 17.9 Å². The van der Waals surface area contributed by atoms with Gasteiger partial charge in [-0.1, -0.05) is 24.6 Å². The van der Waals surface area contributed by atoms with Crippen LogP contribution in [0.3, 0.4) is 0 Å². The largest absolute Gasteiger partial charge is 0.460 e. The maximum absolute atomic E-state index is 12.0. The van der Waals surface area contributed by atoms with Gasteiger partial charge in [0.25, 0.3) is 10.1 Å². The number of esters is 1. The number of benzene rings is 1. The first kappa shape index (κ1) is 18.6. The number of carbonyl (C=O) groups excluding carboxylic acids is 1. The van der Waals surface area contributed by atoms with Crippen LogP contribution in [0.1, 0.15) is 39.7 Å². The molecule has 0 unspecified atom stereocenters. The van der Waals surface area contributed by atoms with Gasteiger partial charge in [-0.2, -0.15) is 8.42 Å². The van der Waals surface area contributed by atoms with E-state index in [0.717, 1.165) is 5.56 Å². The molecule has 0 saturated carbocycles. The van der Waals surface area contributed by atoms with E-state index in [1.165, 1.54) is 12.1 Å². The minimum atomic E-state index is -3.80. The highest BCUT2D eigenvalue weighted by molar-refractivity contribution is 7.86. The first-order chi connectivity index (χ1) is 9.99. The molecule has 0 N–H and O–H groups in total. The Morgan fingerprint density at radius 3 is 2.23 bits per heavy atom. The van der Waals surface area contributed by atoms with Crippen LogP contribution in [0, 0.1) is 12.8 Å². The molecule has 1 atom stereocenters. The Kier molecular flexibility index (Phi) is 6.14. The highest BCUT2D eigenvalue weighted by Gasteiger charge is 2.21. The molecule has 1 aromatic carbocycles. The van der Waals surface area contributed by atoms with Crippen LogP contribution < -0.4 is 0 Å². The molecule has 0 fully saturated rings. The molecule has 0 heterocycles. The van der Waals surface area contributed by atoms with Crippen molar-refractivity contribution in [2.45, 2.75) is 51.5 Å². The molecule has 0 aliphatic heterocycles. The van der Waals surface area contributed by atoms with Crippen molar-refractivity contribution in [3.05, 3.63) is 29.8 Å². The predicted molar refractivity (Wildman–Crippen MR) is 83.9 cm³/mol. The maximum atomic E-state index is 12.0. The Balaban J connectivity index is 2.54. The third-order valence-electron chi connectivity index (χ3n) is 2.75. The zero-order valence-corrected chi connectivity index (χ0v) is 14.6. The van der Waals surface area contributed by atoms with Crippen molar-refractivity contribution in [1.29, 1.82) is 0 Å². The third kappa shape index (κ3) is 6.58. The van der Waals surface area contributed by atoms with Crippen LogP contribution in [-0.4, -0.2) is 26.6 Å². The van der Waals surface area contributed by atoms with Crippen molar-refractivity contribution < 1.29 is 22.1 Å². The fourth-order valence-electron chi connectivity index (χ4n) is 1.71. The average molecular weight is 328 g/mol. The van der Waals surface area contributed by atoms with Crippen LogP contribution in [0.2, 0.25) is 0 Å². The van der Waals surface area contributed by atoms with E-state index < -0.39 is 15.7 Å². The molecule has 0 aliphatic carbocycles. The minimum Gasteiger partial charge on any atom is -0.460 e. The summed E-state index contributed by atoms with van der Waals surface area (Å²) in [6, 6.07) is 6.42. The number of carbonyl (C=O) groups is 1. The van der Waals surface area contributed by atoms with E-state index in [4.69, 9.17) is 8.92 Å². The summed E-state index contributed by atoms with van der Waals surface area (Å²) in [7, 11) is -3.80. The van der Waals surface area contributed by atoms with E-state index in [1.54, 1.807) is 39.8 Å². The topological polar surface area (TPSA) is 69.7 Å². The number of rotatable bonds is 6. The molecule has 0 amide bonds. The van der Waals surface area contributed by atoms with Gasteiger partial charge in [0.2, 0.25) is 0 Å². The summed E-state index contributed by atoms with van der Waals surface area (Å²) >= 11 is 0. The molecule has 1 aromatic rings. The Hall–Kier alpha value is -1.40. The second-order valence-electron chi connectivity index (χ2n) is 6.45. The van der Waals surface area contributed by atoms with Gasteiger partial charge in [-0.05, 0) is 45.7 Å². The SMILES string of the molecule is Cc1ccc(S(=O)(=O)OC[C@H](C)CC(=O)OC(C)(C)C)cc1. The lowest BCUT2D eigenvalue weighted by Gasteiger charge is -2.20. The van der Waals surface area contributed by atoms with Crippen molar-refractivity contribution in [2.24, 2.45) is 5.92 Å². The lowest BCUT2D eigenvalue weighted by molar-refractivity contribution is -0.156. The Bertz CT molecular complexity index is 596. The normalized spacial score (nSPS) is 13.7. The summed E-state index contributed by atoms with van der Waals surface area (Å²) in [4.78, 5) is 11.8. The van der Waals surface area contributed by atoms with Crippen molar-refractivity contribution >= 4 is 16.1 Å². The fourth-order valence-corrected chi connectivity index (χ4v) is 2.72. The van der Waals surface area contributed by atoms with E-state index in [9.17, 15) is 13.2 Å². The highest BCUT2D eigenvalue weighted by Crippen LogP contribution is 2.16. The monoisotopic (exact) mass is 328 g/mol. The van der Waals surface area contributed by atoms with E-state index in [0.29, 0.717) is 0 Å². The summed E-state index contributed by atoms with van der Waals surface area (Å²) in [5.74, 6) is -0.619. The van der Waals surface area contributed by atoms with Gasteiger partial charge < -0.3 is 4.74 Å². The summed E-state index contributed by atoms with van der Waals surface area (Å²) in [5.41, 5.74) is 0.420. The van der Waals surface area contributed by atoms with E-state index in [2.05, 4.69) is 0 Å². The van der Waals surface area contributed by atoms with Gasteiger partial charge in [0.1, 0.15) is 5.60 Å². The molecule has 22 heavy (non-hydrogen) atoms. The number of ether oxygens (including phenoxy) is 1. The molecule has 0 aliphatic rings. The van der Waals surface area contributed by atoms with Crippen LogP contribution in [-0.2, 0) is 23.8 Å². The standard InChI is InChI=1S/C16H24O5S/c1-12-6-8-14(9-7-12)22(18,19)20-11-13(2)10-15(17)21-16(3,4)5/h6-9,13H,10-11H2,1-5H3/t13-/m1/s1.